The molecule has 2 aromatic rings. The van der Waals surface area contributed by atoms with Gasteiger partial charge in [-0.2, -0.15) is 0 Å². The van der Waals surface area contributed by atoms with Crippen LogP contribution in [0, 0.1) is 11.6 Å². The lowest BCUT2D eigenvalue weighted by molar-refractivity contribution is 0.191. The predicted molar refractivity (Wildman–Crippen MR) is 88.6 cm³/mol. The van der Waals surface area contributed by atoms with Gasteiger partial charge in [-0.1, -0.05) is 12.1 Å². The first-order valence-electron chi connectivity index (χ1n) is 7.39. The van der Waals surface area contributed by atoms with Crippen LogP contribution in [0.4, 0.5) is 13.6 Å². The standard InChI is InChI=1S/C17H20F2N2OS/c1-11(9-14-5-4-8-23-14)20-17(22)21(3)12(2)13-6-7-15(18)16(19)10-13/h4-8,10-12H,9H2,1-3H3,(H,20,22). The summed E-state index contributed by atoms with van der Waals surface area (Å²) in [5.41, 5.74) is 0.549. The molecular weight excluding hydrogens is 318 g/mol. The van der Waals surface area contributed by atoms with Crippen LogP contribution in [-0.4, -0.2) is 24.0 Å². The summed E-state index contributed by atoms with van der Waals surface area (Å²) in [6, 6.07) is 7.07. The molecule has 3 nitrogen and oxygen atoms in total. The lowest BCUT2D eigenvalue weighted by atomic mass is 10.1. The minimum Gasteiger partial charge on any atom is -0.335 e. The monoisotopic (exact) mass is 338 g/mol. The summed E-state index contributed by atoms with van der Waals surface area (Å²) in [6.45, 7) is 3.71. The first-order chi connectivity index (χ1) is 10.9. The van der Waals surface area contributed by atoms with Crippen molar-refractivity contribution in [3.05, 3.63) is 57.8 Å². The summed E-state index contributed by atoms with van der Waals surface area (Å²) in [4.78, 5) is 15.0. The van der Waals surface area contributed by atoms with Crippen LogP contribution in [0.25, 0.3) is 0 Å². The predicted octanol–water partition coefficient (Wildman–Crippen LogP) is 4.36. The Hall–Kier alpha value is -1.95. The lowest BCUT2D eigenvalue weighted by Crippen LogP contribution is -2.43. The third-order valence-corrected chi connectivity index (χ3v) is 4.68. The van der Waals surface area contributed by atoms with Gasteiger partial charge in [-0.05, 0) is 43.0 Å². The van der Waals surface area contributed by atoms with E-state index in [1.54, 1.807) is 25.3 Å². The fourth-order valence-corrected chi connectivity index (χ4v) is 3.10. The average Bonchev–Trinajstić information content (AvgIpc) is 3.01. The number of nitrogens with one attached hydrogen (secondary N) is 1. The third-order valence-electron chi connectivity index (χ3n) is 3.78. The van der Waals surface area contributed by atoms with Crippen molar-refractivity contribution < 1.29 is 13.6 Å². The van der Waals surface area contributed by atoms with E-state index < -0.39 is 11.6 Å². The Kier molecular flexibility index (Phi) is 5.71. The topological polar surface area (TPSA) is 32.3 Å². The van der Waals surface area contributed by atoms with Gasteiger partial charge in [0.25, 0.3) is 0 Å². The Morgan fingerprint density at radius 3 is 2.61 bits per heavy atom. The van der Waals surface area contributed by atoms with Gasteiger partial charge in [0.1, 0.15) is 0 Å². The van der Waals surface area contributed by atoms with Crippen LogP contribution in [0.2, 0.25) is 0 Å². The molecule has 23 heavy (non-hydrogen) atoms. The molecule has 2 rings (SSSR count). The van der Waals surface area contributed by atoms with Crippen LogP contribution < -0.4 is 5.32 Å². The highest BCUT2D eigenvalue weighted by molar-refractivity contribution is 7.09. The molecule has 1 heterocycles. The number of nitrogens with zero attached hydrogens (tertiary/aromatic N) is 1. The van der Waals surface area contributed by atoms with Crippen LogP contribution in [0.15, 0.2) is 35.7 Å². The minimum atomic E-state index is -0.908. The zero-order chi connectivity index (χ0) is 17.0. The second kappa shape index (κ2) is 7.55. The Morgan fingerprint density at radius 1 is 1.26 bits per heavy atom. The first kappa shape index (κ1) is 17.4. The van der Waals surface area contributed by atoms with Crippen LogP contribution >= 0.6 is 11.3 Å². The van der Waals surface area contributed by atoms with Crippen molar-refractivity contribution in [2.24, 2.45) is 0 Å². The largest absolute Gasteiger partial charge is 0.335 e. The normalized spacial score (nSPS) is 13.4. The molecular formula is C17H20F2N2OS. The summed E-state index contributed by atoms with van der Waals surface area (Å²) in [5, 5.41) is 4.92. The van der Waals surface area contributed by atoms with Gasteiger partial charge in [-0.3, -0.25) is 0 Å². The van der Waals surface area contributed by atoms with E-state index in [0.29, 0.717) is 5.56 Å². The zero-order valence-electron chi connectivity index (χ0n) is 13.3. The van der Waals surface area contributed by atoms with E-state index in [0.717, 1.165) is 18.6 Å². The Balaban J connectivity index is 1.96. The highest BCUT2D eigenvalue weighted by Gasteiger charge is 2.20. The number of carbonyl (C=O) groups is 1. The van der Waals surface area contributed by atoms with Gasteiger partial charge < -0.3 is 10.2 Å². The minimum absolute atomic E-state index is 0.0132. The number of hydrogen-bond acceptors (Lipinski definition) is 2. The molecule has 1 N–H and O–H groups in total. The molecule has 0 saturated heterocycles. The van der Waals surface area contributed by atoms with Crippen molar-refractivity contribution in [1.82, 2.24) is 10.2 Å². The maximum absolute atomic E-state index is 13.3. The number of thiophene rings is 1. The summed E-state index contributed by atoms with van der Waals surface area (Å²) in [5.74, 6) is -1.80. The number of hydrogen-bond donors (Lipinski definition) is 1. The Bertz CT molecular complexity index is 661. The Morgan fingerprint density at radius 2 is 2.00 bits per heavy atom. The molecule has 1 aromatic heterocycles. The number of amides is 2. The number of rotatable bonds is 5. The molecule has 2 unspecified atom stereocenters. The van der Waals surface area contributed by atoms with E-state index in [1.165, 1.54) is 15.8 Å². The fourth-order valence-electron chi connectivity index (χ4n) is 2.27. The maximum atomic E-state index is 13.3. The molecule has 0 fully saturated rings. The zero-order valence-corrected chi connectivity index (χ0v) is 14.2. The number of benzene rings is 1. The highest BCUT2D eigenvalue weighted by atomic mass is 32.1. The molecule has 124 valence electrons. The van der Waals surface area contributed by atoms with E-state index in [4.69, 9.17) is 0 Å². The van der Waals surface area contributed by atoms with Gasteiger partial charge >= 0.3 is 6.03 Å². The van der Waals surface area contributed by atoms with E-state index >= 15 is 0 Å². The summed E-state index contributed by atoms with van der Waals surface area (Å²) < 4.78 is 26.3. The van der Waals surface area contributed by atoms with E-state index in [1.807, 2.05) is 24.4 Å². The molecule has 0 saturated carbocycles. The second-order valence-electron chi connectivity index (χ2n) is 5.59. The molecule has 0 aliphatic carbocycles. The Labute approximate surface area is 138 Å². The third kappa shape index (κ3) is 4.51. The van der Waals surface area contributed by atoms with Crippen molar-refractivity contribution in [3.63, 3.8) is 0 Å². The molecule has 1 aromatic carbocycles. The molecule has 0 aliphatic rings. The molecule has 0 spiro atoms. The molecule has 6 heteroatoms. The summed E-state index contributed by atoms with van der Waals surface area (Å²) in [7, 11) is 1.64. The summed E-state index contributed by atoms with van der Waals surface area (Å²) >= 11 is 1.65. The highest BCUT2D eigenvalue weighted by Crippen LogP contribution is 2.21. The van der Waals surface area contributed by atoms with Gasteiger partial charge in [-0.15, -0.1) is 11.3 Å². The van der Waals surface area contributed by atoms with Gasteiger partial charge in [0, 0.05) is 24.4 Å². The van der Waals surface area contributed by atoms with Crippen molar-refractivity contribution in [3.8, 4) is 0 Å². The van der Waals surface area contributed by atoms with Crippen LogP contribution in [0.3, 0.4) is 0 Å². The average molecular weight is 338 g/mol. The molecule has 0 radical (unpaired) electrons. The molecule has 0 aliphatic heterocycles. The van der Waals surface area contributed by atoms with Crippen molar-refractivity contribution in [2.75, 3.05) is 7.05 Å². The quantitative estimate of drug-likeness (QED) is 0.863. The van der Waals surface area contributed by atoms with E-state index in [9.17, 15) is 13.6 Å². The van der Waals surface area contributed by atoms with Crippen LogP contribution in [0.5, 0.6) is 0 Å². The SMILES string of the molecule is CC(Cc1cccs1)NC(=O)N(C)C(C)c1ccc(F)c(F)c1. The fraction of sp³-hybridized carbons (Fsp3) is 0.353. The van der Waals surface area contributed by atoms with Crippen molar-refractivity contribution in [1.29, 1.82) is 0 Å². The van der Waals surface area contributed by atoms with Gasteiger partial charge in [0.2, 0.25) is 0 Å². The van der Waals surface area contributed by atoms with Gasteiger partial charge in [-0.25, -0.2) is 13.6 Å². The van der Waals surface area contributed by atoms with E-state index in [-0.39, 0.29) is 18.1 Å². The van der Waals surface area contributed by atoms with Gasteiger partial charge in [0.05, 0.1) is 6.04 Å². The smallest absolute Gasteiger partial charge is 0.317 e. The molecule has 2 amide bonds. The summed E-state index contributed by atoms with van der Waals surface area (Å²) in [6.07, 6.45) is 0.761. The van der Waals surface area contributed by atoms with Crippen LogP contribution in [0.1, 0.15) is 30.3 Å². The molecule has 0 bridgehead atoms. The van der Waals surface area contributed by atoms with E-state index in [2.05, 4.69) is 5.32 Å². The molecule has 2 atom stereocenters. The number of halogens is 2. The maximum Gasteiger partial charge on any atom is 0.317 e. The number of carbonyl (C=O) groups excluding carboxylic acids is 1. The first-order valence-corrected chi connectivity index (χ1v) is 8.27. The van der Waals surface area contributed by atoms with Crippen molar-refractivity contribution in [2.45, 2.75) is 32.4 Å². The number of urea groups is 1. The van der Waals surface area contributed by atoms with Gasteiger partial charge in [0.15, 0.2) is 11.6 Å². The second-order valence-corrected chi connectivity index (χ2v) is 6.63. The van der Waals surface area contributed by atoms with Crippen molar-refractivity contribution >= 4 is 17.4 Å². The van der Waals surface area contributed by atoms with Crippen LogP contribution in [-0.2, 0) is 6.42 Å². The lowest BCUT2D eigenvalue weighted by Gasteiger charge is -2.27.